The molecule has 0 aromatic heterocycles. The molecule has 0 saturated heterocycles. The summed E-state index contributed by atoms with van der Waals surface area (Å²) >= 11 is 0. The summed E-state index contributed by atoms with van der Waals surface area (Å²) in [7, 11) is 0. The molecule has 1 amide bonds. The Kier molecular flexibility index (Phi) is 4.61. The molecule has 0 aromatic rings. The number of hydrogen-bond acceptors (Lipinski definition) is 3. The van der Waals surface area contributed by atoms with Crippen LogP contribution in [0.4, 0.5) is 4.79 Å². The van der Waals surface area contributed by atoms with Crippen LogP contribution in [0.2, 0.25) is 0 Å². The number of rotatable bonds is 4. The Balaban J connectivity index is 3.21. The molecule has 60 valence electrons. The van der Waals surface area contributed by atoms with Gasteiger partial charge in [0.05, 0.1) is 6.10 Å². The molecule has 0 heterocycles. The van der Waals surface area contributed by atoms with Crippen molar-refractivity contribution in [3.63, 3.8) is 0 Å². The summed E-state index contributed by atoms with van der Waals surface area (Å²) in [5.41, 5.74) is 0. The maximum atomic E-state index is 9.82. The molecule has 0 bridgehead atoms. The molecular weight excluding hydrogens is 138 g/mol. The molecule has 0 fully saturated rings. The number of aliphatic hydroxyl groups excluding tert-OH is 2. The van der Waals surface area contributed by atoms with Gasteiger partial charge in [0.2, 0.25) is 0 Å². The second kappa shape index (κ2) is 5.01. The predicted octanol–water partition coefficient (Wildman–Crippen LogP) is -1.00. The first-order valence-corrected chi connectivity index (χ1v) is 2.92. The standard InChI is InChI=1S/C5H11NO4/c7-2-1-4(8)3-6-5(9)10/h4,6-8H,1-3H2,(H,9,10)/t4-/m0/s1. The fraction of sp³-hybridized carbons (Fsp3) is 0.800. The SMILES string of the molecule is O=C(O)NC[C@@H](O)CCO. The molecule has 4 N–H and O–H groups in total. The number of nitrogens with one attached hydrogen (secondary N) is 1. The molecule has 0 saturated carbocycles. The van der Waals surface area contributed by atoms with Gasteiger partial charge in [0.1, 0.15) is 0 Å². The normalized spacial score (nSPS) is 12.6. The van der Waals surface area contributed by atoms with Crippen LogP contribution in [0.3, 0.4) is 0 Å². The van der Waals surface area contributed by atoms with E-state index in [-0.39, 0.29) is 19.6 Å². The lowest BCUT2D eigenvalue weighted by Crippen LogP contribution is -2.31. The first kappa shape index (κ1) is 9.19. The zero-order valence-corrected chi connectivity index (χ0v) is 5.45. The summed E-state index contributed by atoms with van der Waals surface area (Å²) < 4.78 is 0. The van der Waals surface area contributed by atoms with Gasteiger partial charge in [0.15, 0.2) is 0 Å². The van der Waals surface area contributed by atoms with E-state index in [4.69, 9.17) is 15.3 Å². The van der Waals surface area contributed by atoms with Crippen molar-refractivity contribution in [1.29, 1.82) is 0 Å². The minimum absolute atomic E-state index is 0.0319. The van der Waals surface area contributed by atoms with Gasteiger partial charge < -0.3 is 20.6 Å². The number of amides is 1. The van der Waals surface area contributed by atoms with E-state index in [2.05, 4.69) is 0 Å². The van der Waals surface area contributed by atoms with E-state index in [1.54, 1.807) is 0 Å². The Bertz CT molecular complexity index is 106. The summed E-state index contributed by atoms with van der Waals surface area (Å²) in [6.07, 6.45) is -1.77. The van der Waals surface area contributed by atoms with Gasteiger partial charge in [0.25, 0.3) is 0 Å². The molecular formula is C5H11NO4. The molecule has 0 aliphatic heterocycles. The van der Waals surface area contributed by atoms with Crippen LogP contribution in [-0.4, -0.2) is 40.7 Å². The molecule has 0 aliphatic rings. The van der Waals surface area contributed by atoms with Crippen LogP contribution in [0.15, 0.2) is 0 Å². The maximum Gasteiger partial charge on any atom is 0.404 e. The second-order valence-corrected chi connectivity index (χ2v) is 1.85. The van der Waals surface area contributed by atoms with Crippen LogP contribution >= 0.6 is 0 Å². The Morgan fingerprint density at radius 3 is 2.60 bits per heavy atom. The summed E-state index contributed by atoms with van der Waals surface area (Å²) in [6.45, 7) is -0.168. The molecule has 0 radical (unpaired) electrons. The molecule has 10 heavy (non-hydrogen) atoms. The highest BCUT2D eigenvalue weighted by Crippen LogP contribution is 1.86. The molecule has 5 nitrogen and oxygen atoms in total. The lowest BCUT2D eigenvalue weighted by atomic mass is 10.3. The van der Waals surface area contributed by atoms with Gasteiger partial charge in [-0.1, -0.05) is 0 Å². The fourth-order valence-corrected chi connectivity index (χ4v) is 0.456. The highest BCUT2D eigenvalue weighted by Gasteiger charge is 2.03. The van der Waals surface area contributed by atoms with Crippen LogP contribution in [-0.2, 0) is 0 Å². The van der Waals surface area contributed by atoms with Crippen molar-refractivity contribution < 1.29 is 20.1 Å². The number of aliphatic hydroxyl groups is 2. The van der Waals surface area contributed by atoms with E-state index < -0.39 is 12.2 Å². The average molecular weight is 149 g/mol. The van der Waals surface area contributed by atoms with Crippen molar-refractivity contribution in [2.45, 2.75) is 12.5 Å². The van der Waals surface area contributed by atoms with Crippen molar-refractivity contribution in [3.05, 3.63) is 0 Å². The van der Waals surface area contributed by atoms with Crippen LogP contribution in [0.25, 0.3) is 0 Å². The van der Waals surface area contributed by atoms with Gasteiger partial charge in [-0.15, -0.1) is 0 Å². The summed E-state index contributed by atoms with van der Waals surface area (Å²) in [4.78, 5) is 9.82. The molecule has 0 unspecified atom stereocenters. The highest BCUT2D eigenvalue weighted by molar-refractivity contribution is 5.64. The lowest BCUT2D eigenvalue weighted by molar-refractivity contribution is 0.126. The quantitative estimate of drug-likeness (QED) is 0.412. The smallest absolute Gasteiger partial charge is 0.404 e. The Morgan fingerprint density at radius 1 is 1.60 bits per heavy atom. The largest absolute Gasteiger partial charge is 0.465 e. The molecule has 0 rings (SSSR count). The Labute approximate surface area is 58.3 Å². The number of carboxylic acid groups (broad SMARTS) is 1. The number of carbonyl (C=O) groups is 1. The van der Waals surface area contributed by atoms with Crippen molar-refractivity contribution >= 4 is 6.09 Å². The van der Waals surface area contributed by atoms with Gasteiger partial charge in [-0.25, -0.2) is 4.79 Å². The third-order valence-electron chi connectivity index (χ3n) is 0.951. The molecule has 1 atom stereocenters. The van der Waals surface area contributed by atoms with Crippen LogP contribution in [0.1, 0.15) is 6.42 Å². The summed E-state index contributed by atoms with van der Waals surface area (Å²) in [6, 6.07) is 0. The van der Waals surface area contributed by atoms with Crippen molar-refractivity contribution in [2.24, 2.45) is 0 Å². The lowest BCUT2D eigenvalue weighted by Gasteiger charge is -2.06. The van der Waals surface area contributed by atoms with E-state index >= 15 is 0 Å². The molecule has 0 aromatic carbocycles. The van der Waals surface area contributed by atoms with E-state index in [1.165, 1.54) is 0 Å². The number of hydrogen-bond donors (Lipinski definition) is 4. The molecule has 0 aliphatic carbocycles. The van der Waals surface area contributed by atoms with Gasteiger partial charge in [-0.2, -0.15) is 0 Å². The predicted molar refractivity (Wildman–Crippen MR) is 33.7 cm³/mol. The molecule has 5 heteroatoms. The minimum atomic E-state index is -1.17. The summed E-state index contributed by atoms with van der Waals surface area (Å²) in [5.74, 6) is 0. The zero-order chi connectivity index (χ0) is 7.98. The minimum Gasteiger partial charge on any atom is -0.465 e. The maximum absolute atomic E-state index is 9.82. The van der Waals surface area contributed by atoms with Crippen LogP contribution < -0.4 is 5.32 Å². The van der Waals surface area contributed by atoms with Gasteiger partial charge >= 0.3 is 6.09 Å². The monoisotopic (exact) mass is 149 g/mol. The van der Waals surface area contributed by atoms with E-state index in [1.807, 2.05) is 5.32 Å². The zero-order valence-electron chi connectivity index (χ0n) is 5.45. The fourth-order valence-electron chi connectivity index (χ4n) is 0.456. The summed E-state index contributed by atoms with van der Waals surface area (Å²) in [5, 5.41) is 27.1. The Hall–Kier alpha value is -0.810. The van der Waals surface area contributed by atoms with Gasteiger partial charge in [0, 0.05) is 13.2 Å². The van der Waals surface area contributed by atoms with Gasteiger partial charge in [-0.05, 0) is 6.42 Å². The van der Waals surface area contributed by atoms with Crippen molar-refractivity contribution in [2.75, 3.05) is 13.2 Å². The van der Waals surface area contributed by atoms with E-state index in [9.17, 15) is 4.79 Å². The highest BCUT2D eigenvalue weighted by atomic mass is 16.4. The average Bonchev–Trinajstić information content (AvgIpc) is 1.85. The van der Waals surface area contributed by atoms with Crippen LogP contribution in [0, 0.1) is 0 Å². The topological polar surface area (TPSA) is 89.8 Å². The van der Waals surface area contributed by atoms with Crippen molar-refractivity contribution in [3.8, 4) is 0 Å². The Morgan fingerprint density at radius 2 is 2.20 bits per heavy atom. The first-order chi connectivity index (χ1) is 4.66. The second-order valence-electron chi connectivity index (χ2n) is 1.85. The third kappa shape index (κ3) is 5.33. The molecule has 0 spiro atoms. The third-order valence-corrected chi connectivity index (χ3v) is 0.951. The first-order valence-electron chi connectivity index (χ1n) is 2.92. The van der Waals surface area contributed by atoms with E-state index in [0.717, 1.165) is 0 Å². The van der Waals surface area contributed by atoms with Crippen molar-refractivity contribution in [1.82, 2.24) is 5.32 Å². The van der Waals surface area contributed by atoms with E-state index in [0.29, 0.717) is 0 Å². The van der Waals surface area contributed by atoms with Gasteiger partial charge in [-0.3, -0.25) is 0 Å². The van der Waals surface area contributed by atoms with Crippen LogP contribution in [0.5, 0.6) is 0 Å².